The highest BCUT2D eigenvalue weighted by atomic mass is 14.9. The fourth-order valence-electron chi connectivity index (χ4n) is 2.80. The van der Waals surface area contributed by atoms with Gasteiger partial charge in [-0.1, -0.05) is 35.4 Å². The maximum absolute atomic E-state index is 4.22. The van der Waals surface area contributed by atoms with Crippen molar-refractivity contribution in [2.24, 2.45) is 0 Å². The molecule has 22 heavy (non-hydrogen) atoms. The fourth-order valence-corrected chi connectivity index (χ4v) is 2.80. The number of aromatic nitrogens is 1. The fraction of sp³-hybridized carbons (Fsp3) is 0.250. The monoisotopic (exact) mass is 290 g/mol. The normalized spacial score (nSPS) is 12.8. The molecule has 0 saturated carbocycles. The van der Waals surface area contributed by atoms with Crippen molar-refractivity contribution in [1.29, 1.82) is 0 Å². The molecule has 2 heterocycles. The molecule has 0 bridgehead atoms. The Morgan fingerprint density at radius 3 is 2.68 bits per heavy atom. The number of hydrogen-bond acceptors (Lipinski definition) is 2. The third-order valence-electron chi connectivity index (χ3n) is 3.96. The molecule has 0 fully saturated rings. The maximum Gasteiger partial charge on any atom is 0.0702 e. The van der Waals surface area contributed by atoms with Crippen molar-refractivity contribution in [3.8, 4) is 0 Å². The van der Waals surface area contributed by atoms with Crippen LogP contribution in [-0.2, 0) is 6.42 Å². The Morgan fingerprint density at radius 2 is 1.77 bits per heavy atom. The minimum absolute atomic E-state index is 1.07. The molecule has 2 nitrogen and oxygen atoms in total. The van der Waals surface area contributed by atoms with Crippen molar-refractivity contribution in [2.75, 3.05) is 11.9 Å². The smallest absolute Gasteiger partial charge is 0.0702 e. The van der Waals surface area contributed by atoms with Crippen LogP contribution >= 0.6 is 0 Å². The number of rotatable bonds is 0. The molecule has 112 valence electrons. The number of fused-ring (bicyclic) bond motifs is 2. The van der Waals surface area contributed by atoms with E-state index in [2.05, 4.69) is 60.5 Å². The zero-order chi connectivity index (χ0) is 15.4. The van der Waals surface area contributed by atoms with E-state index in [0.717, 1.165) is 12.1 Å². The molecule has 1 aliphatic rings. The van der Waals surface area contributed by atoms with Gasteiger partial charge >= 0.3 is 0 Å². The number of benzene rings is 2. The predicted molar refractivity (Wildman–Crippen MR) is 94.5 cm³/mol. The quantitative estimate of drug-likeness (QED) is 0.637. The third-order valence-corrected chi connectivity index (χ3v) is 3.96. The van der Waals surface area contributed by atoms with Gasteiger partial charge in [0.2, 0.25) is 0 Å². The number of nitrogens with zero attached hydrogens (tertiary/aromatic N) is 1. The molecule has 2 aromatic carbocycles. The summed E-state index contributed by atoms with van der Waals surface area (Å²) in [6.07, 6.45) is 4.33. The highest BCUT2D eigenvalue weighted by Gasteiger charge is 2.06. The Kier molecular flexibility index (Phi) is 4.38. The van der Waals surface area contributed by atoms with E-state index in [1.807, 2.05) is 18.3 Å². The van der Waals surface area contributed by atoms with Crippen LogP contribution in [-0.4, -0.2) is 11.5 Å². The Labute approximate surface area is 132 Å². The van der Waals surface area contributed by atoms with Crippen molar-refractivity contribution in [3.05, 3.63) is 71.4 Å². The first kappa shape index (κ1) is 14.6. The molecular weight excluding hydrogens is 268 g/mol. The summed E-state index contributed by atoms with van der Waals surface area (Å²) in [6, 6.07) is 16.9. The molecular formula is C20H22N2. The topological polar surface area (TPSA) is 24.9 Å². The van der Waals surface area contributed by atoms with Gasteiger partial charge in [-0.05, 0) is 56.5 Å². The molecule has 0 amide bonds. The summed E-state index contributed by atoms with van der Waals surface area (Å²) in [4.78, 5) is 4.22. The van der Waals surface area contributed by atoms with Crippen molar-refractivity contribution >= 4 is 16.6 Å². The average molecular weight is 290 g/mol. The Bertz CT molecular complexity index is 778. The van der Waals surface area contributed by atoms with Crippen LogP contribution in [0.3, 0.4) is 0 Å². The van der Waals surface area contributed by atoms with Gasteiger partial charge in [0.25, 0.3) is 0 Å². The first-order valence-electron chi connectivity index (χ1n) is 7.87. The summed E-state index contributed by atoms with van der Waals surface area (Å²) in [7, 11) is 0. The van der Waals surface area contributed by atoms with E-state index in [9.17, 15) is 0 Å². The lowest BCUT2D eigenvalue weighted by atomic mass is 10.0. The number of anilines is 1. The van der Waals surface area contributed by atoms with Gasteiger partial charge in [0, 0.05) is 23.8 Å². The van der Waals surface area contributed by atoms with Crippen molar-refractivity contribution < 1.29 is 0 Å². The number of hydrogen-bond donors (Lipinski definition) is 1. The lowest BCUT2D eigenvalue weighted by molar-refractivity contribution is 0.829. The standard InChI is InChI=1S/C10H13N.C10H9N/c2*1-8-4-5-10-9(7-8)3-2-6-11-10/h4-5,7,11H,2-3,6H2,1H3;2-7H,1H3. The molecule has 2 heteroatoms. The maximum atomic E-state index is 4.22. The Hall–Kier alpha value is -2.35. The van der Waals surface area contributed by atoms with E-state index in [4.69, 9.17) is 0 Å². The van der Waals surface area contributed by atoms with Gasteiger partial charge in [-0.3, -0.25) is 4.98 Å². The van der Waals surface area contributed by atoms with E-state index in [0.29, 0.717) is 0 Å². The zero-order valence-corrected chi connectivity index (χ0v) is 13.3. The number of nitrogens with one attached hydrogen (secondary N) is 1. The molecule has 0 radical (unpaired) electrons. The largest absolute Gasteiger partial charge is 0.385 e. The van der Waals surface area contributed by atoms with E-state index < -0.39 is 0 Å². The van der Waals surface area contributed by atoms with Crippen LogP contribution in [0.2, 0.25) is 0 Å². The molecule has 1 aromatic heterocycles. The highest BCUT2D eigenvalue weighted by Crippen LogP contribution is 2.22. The third kappa shape index (κ3) is 3.45. The molecule has 0 saturated heterocycles. The molecule has 0 aliphatic carbocycles. The minimum Gasteiger partial charge on any atom is -0.385 e. The van der Waals surface area contributed by atoms with Crippen LogP contribution in [0.25, 0.3) is 10.9 Å². The molecule has 3 aromatic rings. The minimum atomic E-state index is 1.07. The Balaban J connectivity index is 0.000000131. The van der Waals surface area contributed by atoms with Crippen molar-refractivity contribution in [1.82, 2.24) is 4.98 Å². The first-order valence-corrected chi connectivity index (χ1v) is 7.87. The van der Waals surface area contributed by atoms with Crippen LogP contribution in [0, 0.1) is 13.8 Å². The Morgan fingerprint density at radius 1 is 0.955 bits per heavy atom. The summed E-state index contributed by atoms with van der Waals surface area (Å²) in [5.41, 5.74) is 6.54. The van der Waals surface area contributed by atoms with Gasteiger partial charge in [0.1, 0.15) is 0 Å². The predicted octanol–water partition coefficient (Wildman–Crippen LogP) is 4.90. The summed E-state index contributed by atoms with van der Waals surface area (Å²) < 4.78 is 0. The summed E-state index contributed by atoms with van der Waals surface area (Å²) in [6.45, 7) is 5.37. The van der Waals surface area contributed by atoms with Crippen LogP contribution in [0.4, 0.5) is 5.69 Å². The van der Waals surface area contributed by atoms with Crippen molar-refractivity contribution in [3.63, 3.8) is 0 Å². The van der Waals surface area contributed by atoms with Crippen LogP contribution in [0.15, 0.2) is 54.7 Å². The van der Waals surface area contributed by atoms with E-state index in [1.54, 1.807) is 0 Å². The molecule has 1 aliphatic heterocycles. The van der Waals surface area contributed by atoms with Gasteiger partial charge in [0.05, 0.1) is 5.52 Å². The number of aryl methyl sites for hydroxylation is 3. The van der Waals surface area contributed by atoms with Gasteiger partial charge in [0.15, 0.2) is 0 Å². The SMILES string of the molecule is Cc1ccc2c(c1)CCCN2.Cc1ccc2ncccc2c1. The number of pyridine rings is 1. The van der Waals surface area contributed by atoms with Gasteiger partial charge in [-0.25, -0.2) is 0 Å². The average Bonchev–Trinajstić information content (AvgIpc) is 2.55. The summed E-state index contributed by atoms with van der Waals surface area (Å²) in [5, 5.41) is 4.61. The van der Waals surface area contributed by atoms with E-state index in [-0.39, 0.29) is 0 Å². The van der Waals surface area contributed by atoms with Gasteiger partial charge in [-0.2, -0.15) is 0 Å². The zero-order valence-electron chi connectivity index (χ0n) is 13.3. The second-order valence-corrected chi connectivity index (χ2v) is 5.89. The summed E-state index contributed by atoms with van der Waals surface area (Å²) >= 11 is 0. The van der Waals surface area contributed by atoms with Crippen molar-refractivity contribution in [2.45, 2.75) is 26.7 Å². The lowest BCUT2D eigenvalue weighted by Crippen LogP contribution is -2.11. The second kappa shape index (κ2) is 6.61. The molecule has 1 N–H and O–H groups in total. The molecule has 0 atom stereocenters. The van der Waals surface area contributed by atoms with E-state index in [1.165, 1.54) is 40.6 Å². The van der Waals surface area contributed by atoms with Crippen LogP contribution < -0.4 is 5.32 Å². The van der Waals surface area contributed by atoms with Crippen LogP contribution in [0.1, 0.15) is 23.1 Å². The second-order valence-electron chi connectivity index (χ2n) is 5.89. The molecule has 4 rings (SSSR count). The lowest BCUT2D eigenvalue weighted by Gasteiger charge is -2.17. The first-order chi connectivity index (χ1) is 10.7. The molecule has 0 unspecified atom stereocenters. The molecule has 0 spiro atoms. The van der Waals surface area contributed by atoms with E-state index >= 15 is 0 Å². The summed E-state index contributed by atoms with van der Waals surface area (Å²) in [5.74, 6) is 0. The van der Waals surface area contributed by atoms with Gasteiger partial charge < -0.3 is 5.32 Å². The highest BCUT2D eigenvalue weighted by molar-refractivity contribution is 5.78. The van der Waals surface area contributed by atoms with Gasteiger partial charge in [-0.15, -0.1) is 0 Å². The van der Waals surface area contributed by atoms with Crippen LogP contribution in [0.5, 0.6) is 0 Å².